The molecule has 0 saturated carbocycles. The number of fused-ring (bicyclic) bond motifs is 1. The van der Waals surface area contributed by atoms with Gasteiger partial charge in [-0.05, 0) is 35.1 Å². The van der Waals surface area contributed by atoms with Crippen LogP contribution in [0.4, 0.5) is 0 Å². The van der Waals surface area contributed by atoms with Gasteiger partial charge in [0.15, 0.2) is 5.78 Å². The monoisotopic (exact) mass is 294 g/mol. The smallest absolute Gasteiger partial charge is 0.305 e. The Balaban J connectivity index is 1.82. The van der Waals surface area contributed by atoms with Gasteiger partial charge >= 0.3 is 5.97 Å². The van der Waals surface area contributed by atoms with E-state index in [1.54, 1.807) is 0 Å². The molecule has 0 fully saturated rings. The summed E-state index contributed by atoms with van der Waals surface area (Å²) < 4.78 is 4.65. The largest absolute Gasteiger partial charge is 0.469 e. The van der Waals surface area contributed by atoms with E-state index in [4.69, 9.17) is 0 Å². The molecular weight excluding hydrogens is 276 g/mol. The van der Waals surface area contributed by atoms with Crippen molar-refractivity contribution >= 4 is 11.8 Å². The fourth-order valence-corrected chi connectivity index (χ4v) is 2.96. The number of ether oxygens (including phenoxy) is 1. The van der Waals surface area contributed by atoms with Gasteiger partial charge in [-0.25, -0.2) is 0 Å². The summed E-state index contributed by atoms with van der Waals surface area (Å²) in [6.45, 7) is 0. The Morgan fingerprint density at radius 3 is 2.50 bits per heavy atom. The Morgan fingerprint density at radius 1 is 1.05 bits per heavy atom. The topological polar surface area (TPSA) is 43.4 Å². The van der Waals surface area contributed by atoms with Crippen molar-refractivity contribution in [1.29, 1.82) is 0 Å². The maximum Gasteiger partial charge on any atom is 0.305 e. The molecule has 0 aromatic heterocycles. The number of methoxy groups -OCH3 is 1. The molecule has 1 aliphatic carbocycles. The molecule has 0 saturated heterocycles. The first kappa shape index (κ1) is 14.5. The number of hydrogen-bond donors (Lipinski definition) is 0. The third-order valence-corrected chi connectivity index (χ3v) is 4.19. The van der Waals surface area contributed by atoms with E-state index in [1.807, 2.05) is 24.3 Å². The first-order valence-corrected chi connectivity index (χ1v) is 7.50. The summed E-state index contributed by atoms with van der Waals surface area (Å²) in [5.41, 5.74) is 5.40. The van der Waals surface area contributed by atoms with Crippen LogP contribution in [0.1, 0.15) is 34.3 Å². The van der Waals surface area contributed by atoms with E-state index in [0.717, 1.165) is 34.2 Å². The van der Waals surface area contributed by atoms with Crippen molar-refractivity contribution in [3.63, 3.8) is 0 Å². The van der Waals surface area contributed by atoms with Gasteiger partial charge in [0.05, 0.1) is 7.11 Å². The molecule has 0 aliphatic heterocycles. The maximum absolute atomic E-state index is 11.8. The predicted octanol–water partition coefficient (Wildman–Crippen LogP) is 3.59. The van der Waals surface area contributed by atoms with Gasteiger partial charge in [0.25, 0.3) is 0 Å². The third kappa shape index (κ3) is 2.80. The van der Waals surface area contributed by atoms with Gasteiger partial charge in [-0.15, -0.1) is 0 Å². The van der Waals surface area contributed by atoms with E-state index in [1.165, 1.54) is 7.11 Å². The van der Waals surface area contributed by atoms with E-state index in [0.29, 0.717) is 19.3 Å². The predicted molar refractivity (Wildman–Crippen MR) is 84.9 cm³/mol. The Hall–Kier alpha value is -2.42. The van der Waals surface area contributed by atoms with E-state index < -0.39 is 0 Å². The number of hydrogen-bond acceptors (Lipinski definition) is 3. The summed E-state index contributed by atoms with van der Waals surface area (Å²) in [6, 6.07) is 14.1. The number of esters is 1. The molecule has 0 radical (unpaired) electrons. The molecule has 22 heavy (non-hydrogen) atoms. The van der Waals surface area contributed by atoms with Crippen molar-refractivity contribution < 1.29 is 14.3 Å². The van der Waals surface area contributed by atoms with Gasteiger partial charge in [0, 0.05) is 18.4 Å². The van der Waals surface area contributed by atoms with Crippen molar-refractivity contribution in [2.24, 2.45) is 0 Å². The Kier molecular flexibility index (Phi) is 4.05. The lowest BCUT2D eigenvalue weighted by Crippen LogP contribution is -2.01. The number of rotatable bonds is 4. The lowest BCUT2D eigenvalue weighted by atomic mass is 9.95. The van der Waals surface area contributed by atoms with Gasteiger partial charge in [-0.3, -0.25) is 9.59 Å². The Bertz CT molecular complexity index is 714. The van der Waals surface area contributed by atoms with Crippen LogP contribution < -0.4 is 0 Å². The number of benzene rings is 2. The van der Waals surface area contributed by atoms with Crippen LogP contribution >= 0.6 is 0 Å². The van der Waals surface area contributed by atoms with Gasteiger partial charge in [-0.2, -0.15) is 0 Å². The second-order valence-electron chi connectivity index (χ2n) is 5.53. The summed E-state index contributed by atoms with van der Waals surface area (Å²) in [5, 5.41) is 0. The van der Waals surface area contributed by atoms with E-state index in [9.17, 15) is 9.59 Å². The van der Waals surface area contributed by atoms with Crippen molar-refractivity contribution in [3.05, 3.63) is 59.2 Å². The SMILES string of the molecule is COC(=O)CCc1ccc(-c2cccc3c2CCC3=O)cc1. The highest BCUT2D eigenvalue weighted by atomic mass is 16.5. The highest BCUT2D eigenvalue weighted by Gasteiger charge is 2.22. The first-order valence-electron chi connectivity index (χ1n) is 7.50. The van der Waals surface area contributed by atoms with Crippen LogP contribution in [0.5, 0.6) is 0 Å². The molecule has 0 spiro atoms. The molecule has 2 aromatic rings. The summed E-state index contributed by atoms with van der Waals surface area (Å²) in [5.74, 6) is 0.0509. The molecule has 3 rings (SSSR count). The van der Waals surface area contributed by atoms with Crippen molar-refractivity contribution in [3.8, 4) is 11.1 Å². The molecular formula is C19H18O3. The number of Topliss-reactive ketones (excluding diaryl/α,β-unsaturated/α-hetero) is 1. The number of aryl methyl sites for hydroxylation is 1. The molecule has 3 nitrogen and oxygen atoms in total. The summed E-state index contributed by atoms with van der Waals surface area (Å²) >= 11 is 0. The van der Waals surface area contributed by atoms with Crippen LogP contribution in [0.25, 0.3) is 11.1 Å². The number of carbonyl (C=O) groups excluding carboxylic acids is 2. The van der Waals surface area contributed by atoms with Crippen molar-refractivity contribution in [2.45, 2.75) is 25.7 Å². The summed E-state index contributed by atoms with van der Waals surface area (Å²) in [4.78, 5) is 23.0. The minimum atomic E-state index is -0.191. The number of ketones is 1. The molecule has 3 heteroatoms. The zero-order chi connectivity index (χ0) is 15.5. The molecule has 0 unspecified atom stereocenters. The average molecular weight is 294 g/mol. The molecule has 0 amide bonds. The number of carbonyl (C=O) groups is 2. The lowest BCUT2D eigenvalue weighted by Gasteiger charge is -2.09. The highest BCUT2D eigenvalue weighted by Crippen LogP contribution is 2.32. The molecule has 0 N–H and O–H groups in total. The fraction of sp³-hybridized carbons (Fsp3) is 0.263. The molecule has 2 aromatic carbocycles. The summed E-state index contributed by atoms with van der Waals surface area (Å²) in [6.07, 6.45) is 2.52. The van der Waals surface area contributed by atoms with Gasteiger partial charge in [0.1, 0.15) is 0 Å². The molecule has 112 valence electrons. The van der Waals surface area contributed by atoms with Crippen LogP contribution in [0, 0.1) is 0 Å². The van der Waals surface area contributed by atoms with Crippen LogP contribution in [-0.4, -0.2) is 18.9 Å². The van der Waals surface area contributed by atoms with Crippen molar-refractivity contribution in [2.75, 3.05) is 7.11 Å². The van der Waals surface area contributed by atoms with Crippen LogP contribution in [-0.2, 0) is 22.4 Å². The van der Waals surface area contributed by atoms with Gasteiger partial charge in [-0.1, -0.05) is 42.5 Å². The normalized spacial score (nSPS) is 13.0. The average Bonchev–Trinajstić information content (AvgIpc) is 2.94. The van der Waals surface area contributed by atoms with Crippen molar-refractivity contribution in [1.82, 2.24) is 0 Å². The quantitative estimate of drug-likeness (QED) is 0.809. The van der Waals surface area contributed by atoms with E-state index in [2.05, 4.69) is 22.9 Å². The fourth-order valence-electron chi connectivity index (χ4n) is 2.96. The third-order valence-electron chi connectivity index (χ3n) is 4.19. The van der Waals surface area contributed by atoms with Crippen LogP contribution in [0.15, 0.2) is 42.5 Å². The standard InChI is InChI=1S/C19H18O3/c1-22-19(21)12-7-13-5-8-14(9-6-13)15-3-2-4-17-16(15)10-11-18(17)20/h2-6,8-9H,7,10-12H2,1H3. The van der Waals surface area contributed by atoms with Crippen LogP contribution in [0.3, 0.4) is 0 Å². The molecule has 0 heterocycles. The molecule has 0 atom stereocenters. The second-order valence-corrected chi connectivity index (χ2v) is 5.53. The molecule has 0 bridgehead atoms. The zero-order valence-corrected chi connectivity index (χ0v) is 12.6. The minimum absolute atomic E-state index is 0.191. The van der Waals surface area contributed by atoms with E-state index >= 15 is 0 Å². The van der Waals surface area contributed by atoms with Crippen LogP contribution in [0.2, 0.25) is 0 Å². The lowest BCUT2D eigenvalue weighted by molar-refractivity contribution is -0.140. The maximum atomic E-state index is 11.8. The zero-order valence-electron chi connectivity index (χ0n) is 12.6. The first-order chi connectivity index (χ1) is 10.7. The minimum Gasteiger partial charge on any atom is -0.469 e. The second kappa shape index (κ2) is 6.14. The Labute approximate surface area is 129 Å². The highest BCUT2D eigenvalue weighted by molar-refractivity contribution is 6.02. The Morgan fingerprint density at radius 2 is 1.77 bits per heavy atom. The van der Waals surface area contributed by atoms with Gasteiger partial charge in [0.2, 0.25) is 0 Å². The summed E-state index contributed by atoms with van der Waals surface area (Å²) in [7, 11) is 1.41. The van der Waals surface area contributed by atoms with E-state index in [-0.39, 0.29) is 11.8 Å². The van der Waals surface area contributed by atoms with Gasteiger partial charge < -0.3 is 4.74 Å². The molecule has 1 aliphatic rings.